The first-order valence-electron chi connectivity index (χ1n) is 12.6. The second-order valence-electron chi connectivity index (χ2n) is 9.43. The van der Waals surface area contributed by atoms with Crippen LogP contribution in [0.5, 0.6) is 11.5 Å². The molecular weight excluding hydrogens is 489 g/mol. The predicted molar refractivity (Wildman–Crippen MR) is 140 cm³/mol. The lowest BCUT2D eigenvalue weighted by molar-refractivity contribution is -0.128. The number of benzene rings is 2. The van der Waals surface area contributed by atoms with Gasteiger partial charge in [0.25, 0.3) is 0 Å². The van der Waals surface area contributed by atoms with Gasteiger partial charge in [0.05, 0.1) is 12.9 Å². The molecule has 2 aliphatic rings. The van der Waals surface area contributed by atoms with Gasteiger partial charge in [0, 0.05) is 39.6 Å². The summed E-state index contributed by atoms with van der Waals surface area (Å²) in [5, 5.41) is 3.44. The van der Waals surface area contributed by atoms with Crippen LogP contribution in [0.2, 0.25) is 0 Å². The van der Waals surface area contributed by atoms with E-state index in [0.29, 0.717) is 55.7 Å². The fourth-order valence-electron chi connectivity index (χ4n) is 4.77. The van der Waals surface area contributed by atoms with Crippen LogP contribution >= 0.6 is 0 Å². The van der Waals surface area contributed by atoms with Crippen LogP contribution in [0, 0.1) is 5.82 Å². The summed E-state index contributed by atoms with van der Waals surface area (Å²) in [4.78, 5) is 30.3. The van der Waals surface area contributed by atoms with Crippen molar-refractivity contribution in [2.45, 2.75) is 26.4 Å². The lowest BCUT2D eigenvalue weighted by Gasteiger charge is -2.22. The number of amides is 1. The summed E-state index contributed by atoms with van der Waals surface area (Å²) in [7, 11) is 0. The van der Waals surface area contributed by atoms with Gasteiger partial charge in [-0.3, -0.25) is 4.79 Å². The number of nitrogens with one attached hydrogen (secondary N) is 1. The Kier molecular flexibility index (Phi) is 6.40. The molecule has 4 aromatic rings. The maximum absolute atomic E-state index is 13.4. The average molecular weight is 518 g/mol. The highest BCUT2D eigenvalue weighted by Crippen LogP contribution is 2.33. The zero-order valence-corrected chi connectivity index (χ0v) is 21.1. The second kappa shape index (κ2) is 10.2. The summed E-state index contributed by atoms with van der Waals surface area (Å²) < 4.78 is 26.3. The van der Waals surface area contributed by atoms with Crippen molar-refractivity contribution in [2.75, 3.05) is 43.2 Å². The van der Waals surface area contributed by atoms with Crippen LogP contribution in [0.25, 0.3) is 11.2 Å². The number of fused-ring (bicyclic) bond motifs is 2. The van der Waals surface area contributed by atoms with Crippen molar-refractivity contribution in [3.05, 3.63) is 65.7 Å². The zero-order valence-electron chi connectivity index (χ0n) is 21.1. The van der Waals surface area contributed by atoms with Crippen molar-refractivity contribution in [1.29, 1.82) is 0 Å². The molecular formula is C27H28FN7O3. The van der Waals surface area contributed by atoms with E-state index >= 15 is 0 Å². The molecule has 0 radical (unpaired) electrons. The zero-order chi connectivity index (χ0) is 26.1. The Bertz CT molecular complexity index is 1470. The molecule has 4 heterocycles. The van der Waals surface area contributed by atoms with Gasteiger partial charge in [0.1, 0.15) is 5.82 Å². The smallest absolute Gasteiger partial charge is 0.231 e. The van der Waals surface area contributed by atoms with Gasteiger partial charge in [-0.05, 0) is 41.8 Å². The molecule has 1 fully saturated rings. The minimum atomic E-state index is -0.273. The minimum absolute atomic E-state index is 0.0756. The van der Waals surface area contributed by atoms with Crippen LogP contribution in [-0.2, 0) is 17.9 Å². The van der Waals surface area contributed by atoms with Crippen molar-refractivity contribution in [1.82, 2.24) is 24.4 Å². The monoisotopic (exact) mass is 517 g/mol. The number of hydrogen-bond donors (Lipinski definition) is 1. The Hall–Kier alpha value is -4.41. The number of nitrogens with zero attached hydrogens (tertiary/aromatic N) is 6. The molecule has 2 aliphatic heterocycles. The fourth-order valence-corrected chi connectivity index (χ4v) is 4.77. The number of anilines is 2. The normalized spacial score (nSPS) is 15.1. The molecule has 10 nitrogen and oxygen atoms in total. The van der Waals surface area contributed by atoms with Gasteiger partial charge >= 0.3 is 0 Å². The first-order chi connectivity index (χ1) is 18.5. The van der Waals surface area contributed by atoms with E-state index in [9.17, 15) is 9.18 Å². The fraction of sp³-hybridized carbons (Fsp3) is 0.333. The van der Waals surface area contributed by atoms with Crippen LogP contribution in [0.1, 0.15) is 24.5 Å². The molecule has 0 unspecified atom stereocenters. The predicted octanol–water partition coefficient (Wildman–Crippen LogP) is 3.41. The molecule has 0 atom stereocenters. The van der Waals surface area contributed by atoms with Gasteiger partial charge in [0.2, 0.25) is 18.6 Å². The molecule has 1 saturated heterocycles. The summed E-state index contributed by atoms with van der Waals surface area (Å²) in [5.74, 6) is 2.46. The lowest BCUT2D eigenvalue weighted by atomic mass is 10.2. The van der Waals surface area contributed by atoms with Crippen molar-refractivity contribution in [3.63, 3.8) is 0 Å². The van der Waals surface area contributed by atoms with Gasteiger partial charge in [0.15, 0.2) is 28.5 Å². The molecule has 0 aliphatic carbocycles. The van der Waals surface area contributed by atoms with E-state index in [4.69, 9.17) is 19.4 Å². The van der Waals surface area contributed by atoms with E-state index in [1.165, 1.54) is 12.1 Å². The van der Waals surface area contributed by atoms with Crippen molar-refractivity contribution in [3.8, 4) is 11.5 Å². The Labute approximate surface area is 219 Å². The summed E-state index contributed by atoms with van der Waals surface area (Å²) in [6.45, 7) is 5.53. The highest BCUT2D eigenvalue weighted by Gasteiger charge is 2.22. The molecule has 6 rings (SSSR count). The van der Waals surface area contributed by atoms with E-state index in [0.717, 1.165) is 35.6 Å². The number of hydrogen-bond acceptors (Lipinski definition) is 8. The third-order valence-electron chi connectivity index (χ3n) is 6.84. The number of carbonyl (C=O) groups excluding carboxylic acids is 1. The topological polar surface area (TPSA) is 97.6 Å². The van der Waals surface area contributed by atoms with Gasteiger partial charge in [-0.2, -0.15) is 9.97 Å². The molecule has 2 aromatic heterocycles. The molecule has 1 amide bonds. The highest BCUT2D eigenvalue weighted by molar-refractivity contribution is 5.84. The van der Waals surface area contributed by atoms with Crippen LogP contribution < -0.4 is 19.7 Å². The maximum Gasteiger partial charge on any atom is 0.231 e. The van der Waals surface area contributed by atoms with E-state index < -0.39 is 0 Å². The minimum Gasteiger partial charge on any atom is -0.454 e. The molecule has 1 N–H and O–H groups in total. The molecule has 38 heavy (non-hydrogen) atoms. The van der Waals surface area contributed by atoms with E-state index in [-0.39, 0.29) is 18.5 Å². The average Bonchev–Trinajstić information content (AvgIpc) is 3.47. The van der Waals surface area contributed by atoms with Crippen LogP contribution in [0.4, 0.5) is 16.2 Å². The summed E-state index contributed by atoms with van der Waals surface area (Å²) in [6.07, 6.45) is 2.56. The number of aromatic nitrogens is 4. The van der Waals surface area contributed by atoms with Crippen molar-refractivity contribution < 1.29 is 18.7 Å². The Morgan fingerprint density at radius 2 is 1.82 bits per heavy atom. The first kappa shape index (κ1) is 24.0. The first-order valence-corrected chi connectivity index (χ1v) is 12.6. The van der Waals surface area contributed by atoms with Crippen LogP contribution in [0.3, 0.4) is 0 Å². The number of ether oxygens (including phenoxy) is 2. The molecule has 0 spiro atoms. The molecule has 0 bridgehead atoms. The van der Waals surface area contributed by atoms with Gasteiger partial charge < -0.3 is 29.2 Å². The Morgan fingerprint density at radius 3 is 2.66 bits per heavy atom. The number of carbonyl (C=O) groups is 1. The lowest BCUT2D eigenvalue weighted by Crippen LogP contribution is -2.34. The summed E-state index contributed by atoms with van der Waals surface area (Å²) >= 11 is 0. The van der Waals surface area contributed by atoms with E-state index in [1.54, 1.807) is 25.4 Å². The largest absolute Gasteiger partial charge is 0.454 e. The third kappa shape index (κ3) is 4.91. The number of rotatable bonds is 6. The van der Waals surface area contributed by atoms with Crippen LogP contribution in [-0.4, -0.2) is 63.3 Å². The van der Waals surface area contributed by atoms with E-state index in [1.807, 2.05) is 27.7 Å². The standard InChI is InChI=1S/C27H28FN7O3/c1-18(36)33-9-2-10-34(12-11-33)27-31-25(29-14-20-5-8-22-23(13-20)38-17-37-22)24-26(32-27)35(16-30-24)15-19-3-6-21(28)7-4-19/h3-8,13,16H,2,9-12,14-15,17H2,1H3,(H,29,31,32). The summed E-state index contributed by atoms with van der Waals surface area (Å²) in [5.41, 5.74) is 3.28. The van der Waals surface area contributed by atoms with Crippen molar-refractivity contribution >= 4 is 28.8 Å². The van der Waals surface area contributed by atoms with E-state index in [2.05, 4.69) is 15.2 Å². The number of halogens is 1. The van der Waals surface area contributed by atoms with Gasteiger partial charge in [-0.1, -0.05) is 18.2 Å². The second-order valence-corrected chi connectivity index (χ2v) is 9.43. The highest BCUT2D eigenvalue weighted by atomic mass is 19.1. The molecule has 0 saturated carbocycles. The van der Waals surface area contributed by atoms with Crippen LogP contribution in [0.15, 0.2) is 48.8 Å². The quantitative estimate of drug-likeness (QED) is 0.416. The van der Waals surface area contributed by atoms with Crippen molar-refractivity contribution in [2.24, 2.45) is 0 Å². The molecule has 2 aromatic carbocycles. The molecule has 196 valence electrons. The Morgan fingerprint density at radius 1 is 1.00 bits per heavy atom. The SMILES string of the molecule is CC(=O)N1CCCN(c2nc(NCc3ccc4c(c3)OCO4)c3ncn(Cc4ccc(F)cc4)c3n2)CC1. The Balaban J connectivity index is 1.32. The summed E-state index contributed by atoms with van der Waals surface area (Å²) in [6, 6.07) is 12.2. The number of imidazole rings is 1. The maximum atomic E-state index is 13.4. The van der Waals surface area contributed by atoms with Gasteiger partial charge in [-0.25, -0.2) is 9.37 Å². The van der Waals surface area contributed by atoms with Gasteiger partial charge in [-0.15, -0.1) is 0 Å². The third-order valence-corrected chi connectivity index (χ3v) is 6.84. The molecule has 11 heteroatoms.